The Morgan fingerprint density at radius 2 is 1.94 bits per heavy atom. The molecule has 2 spiro atoms. The first-order valence-electron chi connectivity index (χ1n) is 13.2. The number of piperidine rings is 1. The van der Waals surface area contributed by atoms with Crippen LogP contribution in [0.2, 0.25) is 0 Å². The van der Waals surface area contributed by atoms with Crippen LogP contribution >= 0.6 is 0 Å². The number of likely N-dealkylation sites (tertiary alicyclic amines) is 1. The molecule has 6 saturated carbocycles. The molecule has 1 aliphatic heterocycles. The fourth-order valence-corrected chi connectivity index (χ4v) is 10.4. The van der Waals surface area contributed by atoms with Crippen LogP contribution in [-0.2, 0) is 28.7 Å². The summed E-state index contributed by atoms with van der Waals surface area (Å²) < 4.78 is 12.1. The minimum absolute atomic E-state index is 0.0631. The van der Waals surface area contributed by atoms with Crippen LogP contribution in [-0.4, -0.2) is 60.2 Å². The molecule has 1 heterocycles. The fourth-order valence-electron chi connectivity index (χ4n) is 10.4. The number of esters is 2. The molecule has 1 saturated heterocycles. The summed E-state index contributed by atoms with van der Waals surface area (Å²) in [7, 11) is 2.06. The van der Waals surface area contributed by atoms with E-state index in [4.69, 9.17) is 9.47 Å². The van der Waals surface area contributed by atoms with Crippen molar-refractivity contribution in [1.82, 2.24) is 4.90 Å². The van der Waals surface area contributed by atoms with Gasteiger partial charge in [0.25, 0.3) is 0 Å². The Balaban J connectivity index is 1.53. The zero-order valence-electron chi connectivity index (χ0n) is 21.5. The van der Waals surface area contributed by atoms with E-state index in [2.05, 4.69) is 18.5 Å². The zero-order chi connectivity index (χ0) is 25.2. The number of fused-ring (bicyclic) bond motifs is 1. The number of ether oxygens (including phenoxy) is 2. The highest BCUT2D eigenvalue weighted by Gasteiger charge is 2.85. The first kappa shape index (κ1) is 23.4. The third kappa shape index (κ3) is 2.56. The van der Waals surface area contributed by atoms with Gasteiger partial charge in [0.2, 0.25) is 0 Å². The number of hydrogen-bond donors (Lipinski definition) is 0. The summed E-state index contributed by atoms with van der Waals surface area (Å²) in [6, 6.07) is -0.0631. The maximum Gasteiger partial charge on any atom is 0.309 e. The van der Waals surface area contributed by atoms with Crippen molar-refractivity contribution in [1.29, 1.82) is 0 Å². The lowest BCUT2D eigenvalue weighted by Crippen LogP contribution is -2.75. The smallest absolute Gasteiger partial charge is 0.309 e. The molecule has 7 heteroatoms. The van der Waals surface area contributed by atoms with Crippen LogP contribution in [0.15, 0.2) is 12.2 Å². The van der Waals surface area contributed by atoms with Crippen LogP contribution in [0.1, 0.15) is 59.8 Å². The Bertz CT molecular complexity index is 1070. The average Bonchev–Trinajstić information content (AvgIpc) is 2.86. The molecule has 7 rings (SSSR count). The summed E-state index contributed by atoms with van der Waals surface area (Å²) in [5, 5.41) is 0. The minimum Gasteiger partial charge on any atom is -0.459 e. The second-order valence-corrected chi connectivity index (χ2v) is 12.9. The molecule has 0 N–H and O–H groups in total. The number of ketones is 2. The summed E-state index contributed by atoms with van der Waals surface area (Å²) in [5.41, 5.74) is -0.558. The normalized spacial score (nSPS) is 50.2. The van der Waals surface area contributed by atoms with Crippen molar-refractivity contribution in [2.24, 2.45) is 45.8 Å². The van der Waals surface area contributed by atoms with Crippen molar-refractivity contribution in [3.8, 4) is 0 Å². The van der Waals surface area contributed by atoms with Gasteiger partial charge < -0.3 is 14.4 Å². The highest BCUT2D eigenvalue weighted by Crippen LogP contribution is 2.81. The SMILES string of the molecule is C=C1CC23CC(=O)C4C5(C)CN(C)C6C2C(=O)C1CC3C64CC(OC(C)=O)C5OC(=O)C(C)CC. The number of nitrogens with zero attached hydrogens (tertiary/aromatic N) is 1. The van der Waals surface area contributed by atoms with E-state index in [1.807, 2.05) is 20.8 Å². The van der Waals surface area contributed by atoms with Crippen LogP contribution in [0.3, 0.4) is 0 Å². The van der Waals surface area contributed by atoms with E-state index in [9.17, 15) is 19.2 Å². The first-order valence-corrected chi connectivity index (χ1v) is 13.2. The van der Waals surface area contributed by atoms with E-state index in [1.165, 1.54) is 6.92 Å². The van der Waals surface area contributed by atoms with E-state index in [0.717, 1.165) is 18.4 Å². The number of carbonyl (C=O) groups is 4. The Labute approximate surface area is 207 Å². The summed E-state index contributed by atoms with van der Waals surface area (Å²) in [6.45, 7) is 12.0. The van der Waals surface area contributed by atoms with Crippen molar-refractivity contribution in [3.63, 3.8) is 0 Å². The van der Waals surface area contributed by atoms with Crippen molar-refractivity contribution in [2.75, 3.05) is 13.6 Å². The van der Waals surface area contributed by atoms with E-state index in [1.54, 1.807) is 0 Å². The van der Waals surface area contributed by atoms with Gasteiger partial charge in [-0.15, -0.1) is 0 Å². The van der Waals surface area contributed by atoms with E-state index >= 15 is 0 Å². The molecule has 7 nitrogen and oxygen atoms in total. The summed E-state index contributed by atoms with van der Waals surface area (Å²) >= 11 is 0. The number of rotatable bonds is 4. The van der Waals surface area contributed by atoms with Gasteiger partial charge in [0.1, 0.15) is 23.8 Å². The maximum atomic E-state index is 14.2. The molecule has 6 bridgehead atoms. The molecule has 190 valence electrons. The lowest BCUT2D eigenvalue weighted by molar-refractivity contribution is -0.253. The molecule has 7 fully saturated rings. The Hall–Kier alpha value is -2.02. The van der Waals surface area contributed by atoms with Crippen molar-refractivity contribution in [3.05, 3.63) is 12.2 Å². The lowest BCUT2D eigenvalue weighted by atomic mass is 9.39. The van der Waals surface area contributed by atoms with Gasteiger partial charge >= 0.3 is 11.9 Å². The second-order valence-electron chi connectivity index (χ2n) is 12.9. The lowest BCUT2D eigenvalue weighted by Gasteiger charge is -2.68. The van der Waals surface area contributed by atoms with Crippen LogP contribution in [0, 0.1) is 45.8 Å². The number of hydrogen-bond acceptors (Lipinski definition) is 7. The Kier molecular flexibility index (Phi) is 4.71. The largest absolute Gasteiger partial charge is 0.459 e. The van der Waals surface area contributed by atoms with Gasteiger partial charge in [-0.05, 0) is 44.1 Å². The van der Waals surface area contributed by atoms with Gasteiger partial charge in [-0.2, -0.15) is 0 Å². The van der Waals surface area contributed by atoms with E-state index in [-0.39, 0.29) is 58.6 Å². The van der Waals surface area contributed by atoms with Gasteiger partial charge in [0.05, 0.1) is 5.92 Å². The van der Waals surface area contributed by atoms with Gasteiger partial charge in [-0.25, -0.2) is 0 Å². The predicted octanol–water partition coefficient (Wildman–Crippen LogP) is 2.96. The predicted molar refractivity (Wildman–Crippen MR) is 126 cm³/mol. The molecular formula is C28H37NO6. The Morgan fingerprint density at radius 1 is 1.23 bits per heavy atom. The zero-order valence-corrected chi connectivity index (χ0v) is 21.5. The second kappa shape index (κ2) is 7.05. The molecule has 35 heavy (non-hydrogen) atoms. The first-order chi connectivity index (χ1) is 16.4. The van der Waals surface area contributed by atoms with Gasteiger partial charge in [-0.3, -0.25) is 19.2 Å². The highest BCUT2D eigenvalue weighted by atomic mass is 16.6. The summed E-state index contributed by atoms with van der Waals surface area (Å²) in [5.74, 6) is -0.985. The molecule has 6 aliphatic carbocycles. The molecule has 11 unspecified atom stereocenters. The van der Waals surface area contributed by atoms with Crippen molar-refractivity contribution < 1.29 is 28.7 Å². The van der Waals surface area contributed by atoms with Crippen molar-refractivity contribution in [2.45, 2.75) is 78.0 Å². The molecule has 11 atom stereocenters. The van der Waals surface area contributed by atoms with Gasteiger partial charge in [0, 0.05) is 54.5 Å². The topological polar surface area (TPSA) is 90.0 Å². The molecule has 0 aromatic carbocycles. The summed E-state index contributed by atoms with van der Waals surface area (Å²) in [4.78, 5) is 55.5. The third-order valence-electron chi connectivity index (χ3n) is 11.2. The number of Topliss-reactive ketones (excluding diaryl/α,β-unsaturated/α-hetero) is 2. The van der Waals surface area contributed by atoms with Crippen LogP contribution in [0.25, 0.3) is 0 Å². The average molecular weight is 484 g/mol. The number of allylic oxidation sites excluding steroid dienone is 1. The van der Waals surface area contributed by atoms with Crippen molar-refractivity contribution >= 4 is 23.5 Å². The Morgan fingerprint density at radius 3 is 2.60 bits per heavy atom. The molecule has 7 aliphatic rings. The monoisotopic (exact) mass is 483 g/mol. The quantitative estimate of drug-likeness (QED) is 0.449. The highest BCUT2D eigenvalue weighted by molar-refractivity contribution is 5.96. The molecule has 0 amide bonds. The minimum atomic E-state index is -0.706. The van der Waals surface area contributed by atoms with Crippen LogP contribution in [0.4, 0.5) is 0 Å². The number of carbonyl (C=O) groups excluding carboxylic acids is 4. The molecule has 0 radical (unpaired) electrons. The molecular weight excluding hydrogens is 446 g/mol. The van der Waals surface area contributed by atoms with Gasteiger partial charge in [0.15, 0.2) is 0 Å². The van der Waals surface area contributed by atoms with Crippen LogP contribution < -0.4 is 0 Å². The van der Waals surface area contributed by atoms with Gasteiger partial charge in [-0.1, -0.05) is 32.9 Å². The fraction of sp³-hybridized carbons (Fsp3) is 0.786. The standard InChI is InChI=1S/C28H37NO6/c1-7-13(2)25(33)35-24-18(34-15(4)30)11-28-19-8-16-14(3)9-27(19)10-17(31)22(28)26(24,5)12-29(6)23(28)20(27)21(16)32/h13,16,18-20,22-24H,3,7-12H2,1-2,4-6H3. The van der Waals surface area contributed by atoms with E-state index in [0.29, 0.717) is 25.8 Å². The molecule has 0 aromatic heterocycles. The van der Waals surface area contributed by atoms with Crippen LogP contribution in [0.5, 0.6) is 0 Å². The van der Waals surface area contributed by atoms with E-state index < -0.39 is 29.0 Å². The maximum absolute atomic E-state index is 14.2. The molecule has 0 aromatic rings. The summed E-state index contributed by atoms with van der Waals surface area (Å²) in [6.07, 6.45) is 1.66. The third-order valence-corrected chi connectivity index (χ3v) is 11.2.